The van der Waals surface area contributed by atoms with Crippen LogP contribution in [0.4, 0.5) is 14.5 Å². The quantitative estimate of drug-likeness (QED) is 0.808. The minimum absolute atomic E-state index is 0.448. The maximum Gasteiger partial charge on any atom is 0.265 e. The van der Waals surface area contributed by atoms with E-state index in [0.29, 0.717) is 11.3 Å². The molecule has 1 heterocycles. The molecular weight excluding hydrogens is 286 g/mol. The third-order valence-electron chi connectivity index (χ3n) is 3.46. The molecule has 0 aromatic heterocycles. The normalized spacial score (nSPS) is 16.0. The average molecular weight is 296 g/mol. The van der Waals surface area contributed by atoms with Gasteiger partial charge in [-0.15, -0.1) is 0 Å². The lowest BCUT2D eigenvalue weighted by atomic mass is 10.0. The van der Waals surface area contributed by atoms with Gasteiger partial charge in [-0.3, -0.25) is 9.69 Å². The summed E-state index contributed by atoms with van der Waals surface area (Å²) in [5.41, 5.74) is 0.496. The Labute approximate surface area is 125 Å². The molecule has 2 aromatic rings. The minimum atomic E-state index is -0.950. The summed E-state index contributed by atoms with van der Waals surface area (Å²) in [6.45, 7) is 0. The molecule has 0 saturated carbocycles. The second-order valence-corrected chi connectivity index (χ2v) is 4.76. The van der Waals surface area contributed by atoms with Crippen LogP contribution >= 0.6 is 0 Å². The summed E-state index contributed by atoms with van der Waals surface area (Å²) in [5.74, 6) is -2.78. The fourth-order valence-corrected chi connectivity index (χ4v) is 2.44. The van der Waals surface area contributed by atoms with E-state index in [-0.39, 0.29) is 0 Å². The van der Waals surface area contributed by atoms with Crippen molar-refractivity contribution in [1.29, 1.82) is 5.26 Å². The monoisotopic (exact) mass is 296 g/mol. The van der Waals surface area contributed by atoms with Gasteiger partial charge in [-0.2, -0.15) is 5.26 Å². The number of nitrogens with zero attached hydrogens (tertiary/aromatic N) is 2. The lowest BCUT2D eigenvalue weighted by Crippen LogP contribution is -2.41. The first kappa shape index (κ1) is 14.0. The maximum atomic E-state index is 13.9. The minimum Gasteiger partial charge on any atom is -0.287 e. The molecule has 3 nitrogen and oxygen atoms in total. The van der Waals surface area contributed by atoms with Crippen LogP contribution in [-0.4, -0.2) is 11.9 Å². The molecule has 108 valence electrons. The first-order valence-corrected chi connectivity index (χ1v) is 6.58. The number of hydrogen-bond donors (Lipinski definition) is 0. The number of fused-ring (bicyclic) bond motifs is 1. The van der Waals surface area contributed by atoms with E-state index in [9.17, 15) is 18.8 Å². The van der Waals surface area contributed by atoms with Gasteiger partial charge in [0.15, 0.2) is 0 Å². The Bertz CT molecular complexity index is 803. The number of amides is 1. The van der Waals surface area contributed by atoms with E-state index in [1.165, 1.54) is 12.1 Å². The van der Waals surface area contributed by atoms with E-state index < -0.39 is 29.1 Å². The molecule has 22 heavy (non-hydrogen) atoms. The molecule has 0 aliphatic carbocycles. The Hall–Kier alpha value is -3.00. The summed E-state index contributed by atoms with van der Waals surface area (Å²) in [6.07, 6.45) is 3.24. The molecule has 1 amide bonds. The highest BCUT2D eigenvalue weighted by Gasteiger charge is 2.31. The molecule has 0 unspecified atom stereocenters. The Morgan fingerprint density at radius 3 is 2.45 bits per heavy atom. The number of carbonyl (C=O) groups excluding carboxylic acids is 1. The maximum absolute atomic E-state index is 13.9. The standard InChI is InChI=1S/C17H10F2N2O/c18-13-5-3-6-14(19)16(13)17(22)21-12(10-20)9-8-11-4-1-2-7-15(11)21/h1-9,12H/t12-/m0/s1. The molecule has 0 fully saturated rings. The van der Waals surface area contributed by atoms with Crippen LogP contribution in [-0.2, 0) is 0 Å². The van der Waals surface area contributed by atoms with Crippen LogP contribution in [0.15, 0.2) is 48.5 Å². The summed E-state index contributed by atoms with van der Waals surface area (Å²) in [5, 5.41) is 9.24. The first-order valence-electron chi connectivity index (χ1n) is 6.58. The number of para-hydroxylation sites is 1. The van der Waals surface area contributed by atoms with E-state index in [1.807, 2.05) is 6.07 Å². The van der Waals surface area contributed by atoms with E-state index >= 15 is 0 Å². The van der Waals surface area contributed by atoms with Gasteiger partial charge in [0.05, 0.1) is 11.8 Å². The molecular formula is C17H10F2N2O. The summed E-state index contributed by atoms with van der Waals surface area (Å²) in [6, 6.07) is 11.1. The Balaban J connectivity index is 2.15. The van der Waals surface area contributed by atoms with Gasteiger partial charge < -0.3 is 0 Å². The second-order valence-electron chi connectivity index (χ2n) is 4.76. The zero-order chi connectivity index (χ0) is 15.7. The number of nitriles is 1. The zero-order valence-electron chi connectivity index (χ0n) is 11.3. The van der Waals surface area contributed by atoms with Crippen molar-refractivity contribution in [3.8, 4) is 6.07 Å². The predicted molar refractivity (Wildman–Crippen MR) is 78.0 cm³/mol. The van der Waals surface area contributed by atoms with Gasteiger partial charge in [-0.25, -0.2) is 8.78 Å². The molecule has 0 spiro atoms. The average Bonchev–Trinajstić information content (AvgIpc) is 2.53. The summed E-state index contributed by atoms with van der Waals surface area (Å²) >= 11 is 0. The van der Waals surface area contributed by atoms with Gasteiger partial charge in [0.1, 0.15) is 23.2 Å². The van der Waals surface area contributed by atoms with Crippen molar-refractivity contribution >= 4 is 17.7 Å². The molecule has 1 aliphatic rings. The zero-order valence-corrected chi connectivity index (χ0v) is 11.3. The van der Waals surface area contributed by atoms with Crippen molar-refractivity contribution in [1.82, 2.24) is 0 Å². The highest BCUT2D eigenvalue weighted by atomic mass is 19.1. The van der Waals surface area contributed by atoms with Crippen LogP contribution in [0.2, 0.25) is 0 Å². The van der Waals surface area contributed by atoms with E-state index in [2.05, 4.69) is 0 Å². The van der Waals surface area contributed by atoms with Crippen LogP contribution < -0.4 is 4.90 Å². The Kier molecular flexibility index (Phi) is 3.43. The Morgan fingerprint density at radius 1 is 1.09 bits per heavy atom. The van der Waals surface area contributed by atoms with Crippen molar-refractivity contribution in [2.24, 2.45) is 0 Å². The molecule has 3 rings (SSSR count). The largest absolute Gasteiger partial charge is 0.287 e. The van der Waals surface area contributed by atoms with Crippen LogP contribution in [0.25, 0.3) is 6.08 Å². The summed E-state index contributed by atoms with van der Waals surface area (Å²) in [4.78, 5) is 13.7. The summed E-state index contributed by atoms with van der Waals surface area (Å²) < 4.78 is 27.7. The van der Waals surface area contributed by atoms with E-state index in [4.69, 9.17) is 0 Å². The van der Waals surface area contributed by atoms with Crippen LogP contribution in [0.3, 0.4) is 0 Å². The smallest absolute Gasteiger partial charge is 0.265 e. The highest BCUT2D eigenvalue weighted by Crippen LogP contribution is 2.31. The Morgan fingerprint density at radius 2 is 1.77 bits per heavy atom. The third kappa shape index (κ3) is 2.15. The SMILES string of the molecule is N#C[C@@H]1C=Cc2ccccc2N1C(=O)c1c(F)cccc1F. The van der Waals surface area contributed by atoms with Crippen molar-refractivity contribution in [3.05, 3.63) is 71.3 Å². The molecule has 1 atom stereocenters. The number of anilines is 1. The van der Waals surface area contributed by atoms with Crippen molar-refractivity contribution in [2.45, 2.75) is 6.04 Å². The molecule has 0 saturated heterocycles. The number of hydrogen-bond acceptors (Lipinski definition) is 2. The second kappa shape index (κ2) is 5.41. The van der Waals surface area contributed by atoms with Crippen LogP contribution in [0, 0.1) is 23.0 Å². The third-order valence-corrected chi connectivity index (χ3v) is 3.46. The van der Waals surface area contributed by atoms with E-state index in [0.717, 1.165) is 17.0 Å². The van der Waals surface area contributed by atoms with Crippen molar-refractivity contribution in [2.75, 3.05) is 4.90 Å². The number of halogens is 2. The number of rotatable bonds is 1. The molecule has 1 aliphatic heterocycles. The molecule has 5 heteroatoms. The van der Waals surface area contributed by atoms with Crippen LogP contribution in [0.1, 0.15) is 15.9 Å². The van der Waals surface area contributed by atoms with Gasteiger partial charge in [0, 0.05) is 0 Å². The fourth-order valence-electron chi connectivity index (χ4n) is 2.44. The first-order chi connectivity index (χ1) is 10.6. The topological polar surface area (TPSA) is 44.1 Å². The van der Waals surface area contributed by atoms with Crippen molar-refractivity contribution < 1.29 is 13.6 Å². The van der Waals surface area contributed by atoms with Gasteiger partial charge in [0.2, 0.25) is 0 Å². The lowest BCUT2D eigenvalue weighted by Gasteiger charge is -2.30. The van der Waals surface area contributed by atoms with E-state index in [1.54, 1.807) is 30.3 Å². The number of carbonyl (C=O) groups is 1. The lowest BCUT2D eigenvalue weighted by molar-refractivity contribution is 0.0976. The van der Waals surface area contributed by atoms with Crippen molar-refractivity contribution in [3.63, 3.8) is 0 Å². The number of benzene rings is 2. The molecule has 0 N–H and O–H groups in total. The highest BCUT2D eigenvalue weighted by molar-refractivity contribution is 6.09. The molecule has 0 radical (unpaired) electrons. The molecule has 2 aromatic carbocycles. The van der Waals surface area contributed by atoms with Gasteiger partial charge in [-0.1, -0.05) is 30.3 Å². The van der Waals surface area contributed by atoms with Gasteiger partial charge in [0.25, 0.3) is 5.91 Å². The van der Waals surface area contributed by atoms with Gasteiger partial charge >= 0.3 is 0 Å². The van der Waals surface area contributed by atoms with Gasteiger partial charge in [-0.05, 0) is 29.8 Å². The molecule has 0 bridgehead atoms. The summed E-state index contributed by atoms with van der Waals surface area (Å²) in [7, 11) is 0. The van der Waals surface area contributed by atoms with Crippen LogP contribution in [0.5, 0.6) is 0 Å². The fraction of sp³-hybridized carbons (Fsp3) is 0.0588. The predicted octanol–water partition coefficient (Wildman–Crippen LogP) is 3.53.